The molecule has 0 N–H and O–H groups in total. The smallest absolute Gasteiger partial charge is 0.181 e. The van der Waals surface area contributed by atoms with Crippen LogP contribution < -0.4 is 0 Å². The minimum Gasteiger partial charge on any atom is -0.252 e. The summed E-state index contributed by atoms with van der Waals surface area (Å²) in [6.45, 7) is 3.24. The number of aryl methyl sites for hydroxylation is 1. The average Bonchev–Trinajstić information content (AvgIpc) is 2.96. The molecule has 1 aromatic carbocycles. The summed E-state index contributed by atoms with van der Waals surface area (Å²) in [5, 5.41) is 4.56. The van der Waals surface area contributed by atoms with Crippen LogP contribution in [0.1, 0.15) is 51.9 Å². The van der Waals surface area contributed by atoms with E-state index < -0.39 is 0 Å². The number of benzene rings is 1. The lowest BCUT2D eigenvalue weighted by Crippen LogP contribution is -1.98. The molecule has 0 amide bonds. The maximum atomic E-state index is 4.56. The van der Waals surface area contributed by atoms with Crippen LogP contribution in [0.2, 0.25) is 0 Å². The van der Waals surface area contributed by atoms with E-state index in [2.05, 4.69) is 63.9 Å². The maximum Gasteiger partial charge on any atom is 0.181 e. The molecule has 2 aromatic rings. The van der Waals surface area contributed by atoms with E-state index in [1.165, 1.54) is 48.5 Å². The normalized spacial score (nSPS) is 11.0. The van der Waals surface area contributed by atoms with Crippen LogP contribution in [0.25, 0.3) is 11.4 Å². The molecule has 0 aliphatic heterocycles. The van der Waals surface area contributed by atoms with Crippen molar-refractivity contribution in [3.63, 3.8) is 0 Å². The van der Waals surface area contributed by atoms with E-state index in [1.807, 2.05) is 11.0 Å². The van der Waals surface area contributed by atoms with Crippen molar-refractivity contribution in [1.82, 2.24) is 14.8 Å². The van der Waals surface area contributed by atoms with Crippen molar-refractivity contribution in [2.24, 2.45) is 0 Å². The molecule has 2 rings (SSSR count). The highest BCUT2D eigenvalue weighted by Crippen LogP contribution is 2.16. The number of unbranched alkanes of at least 4 members (excludes halogenated alkanes) is 6. The Morgan fingerprint density at radius 3 is 2.33 bits per heavy atom. The predicted octanol–water partition coefficient (Wildman–Crippen LogP) is 5.30. The molecule has 0 saturated carbocycles. The van der Waals surface area contributed by atoms with Gasteiger partial charge in [0.2, 0.25) is 0 Å². The summed E-state index contributed by atoms with van der Waals surface area (Å²) in [6, 6.07) is 8.34. The van der Waals surface area contributed by atoms with Crippen molar-refractivity contribution >= 4 is 22.6 Å². The zero-order chi connectivity index (χ0) is 14.9. The fraction of sp³-hybridized carbons (Fsp3) is 0.529. The molecule has 4 heteroatoms. The SMILES string of the molecule is CCCCCCCCCn1cnc(-c2ccc(I)cc2)n1. The van der Waals surface area contributed by atoms with Gasteiger partial charge in [-0.3, -0.25) is 4.68 Å². The molecule has 21 heavy (non-hydrogen) atoms. The zero-order valence-corrected chi connectivity index (χ0v) is 14.9. The van der Waals surface area contributed by atoms with Crippen molar-refractivity contribution in [1.29, 1.82) is 0 Å². The number of halogens is 1. The van der Waals surface area contributed by atoms with Crippen molar-refractivity contribution in [2.75, 3.05) is 0 Å². The van der Waals surface area contributed by atoms with Gasteiger partial charge in [0.15, 0.2) is 5.82 Å². The molecule has 0 aliphatic carbocycles. The molecular weight excluding hydrogens is 373 g/mol. The van der Waals surface area contributed by atoms with Crippen LogP contribution in [0.15, 0.2) is 30.6 Å². The molecule has 0 fully saturated rings. The first-order valence-corrected chi connectivity index (χ1v) is 9.03. The average molecular weight is 397 g/mol. The molecule has 0 radical (unpaired) electrons. The van der Waals surface area contributed by atoms with Crippen molar-refractivity contribution < 1.29 is 0 Å². The highest BCUT2D eigenvalue weighted by molar-refractivity contribution is 14.1. The molecule has 114 valence electrons. The summed E-state index contributed by atoms with van der Waals surface area (Å²) in [4.78, 5) is 4.40. The Bertz CT molecular complexity index is 519. The third kappa shape index (κ3) is 5.77. The maximum absolute atomic E-state index is 4.56. The van der Waals surface area contributed by atoms with Gasteiger partial charge in [0.1, 0.15) is 6.33 Å². The lowest BCUT2D eigenvalue weighted by molar-refractivity contribution is 0.523. The second kappa shape index (κ2) is 9.18. The zero-order valence-electron chi connectivity index (χ0n) is 12.8. The molecule has 0 saturated heterocycles. The number of hydrogen-bond acceptors (Lipinski definition) is 2. The van der Waals surface area contributed by atoms with Crippen LogP contribution in [-0.4, -0.2) is 14.8 Å². The monoisotopic (exact) mass is 397 g/mol. The molecule has 0 spiro atoms. The minimum atomic E-state index is 0.828. The van der Waals surface area contributed by atoms with Crippen molar-refractivity contribution in [3.8, 4) is 11.4 Å². The molecule has 0 aliphatic rings. The molecule has 0 atom stereocenters. The van der Waals surface area contributed by atoms with E-state index in [0.29, 0.717) is 0 Å². The van der Waals surface area contributed by atoms with Gasteiger partial charge in [0.05, 0.1) is 0 Å². The summed E-state index contributed by atoms with van der Waals surface area (Å²) in [5.41, 5.74) is 1.09. The highest BCUT2D eigenvalue weighted by atomic mass is 127. The van der Waals surface area contributed by atoms with E-state index in [0.717, 1.165) is 17.9 Å². The Balaban J connectivity index is 1.72. The van der Waals surface area contributed by atoms with Crippen molar-refractivity contribution in [3.05, 3.63) is 34.2 Å². The molecule has 0 unspecified atom stereocenters. The third-order valence-corrected chi connectivity index (χ3v) is 4.35. The van der Waals surface area contributed by atoms with E-state index in [9.17, 15) is 0 Å². The molecule has 0 bridgehead atoms. The van der Waals surface area contributed by atoms with E-state index in [1.54, 1.807) is 0 Å². The third-order valence-electron chi connectivity index (χ3n) is 3.63. The summed E-state index contributed by atoms with van der Waals surface area (Å²) < 4.78 is 3.21. The van der Waals surface area contributed by atoms with Crippen LogP contribution in [0.3, 0.4) is 0 Å². The van der Waals surface area contributed by atoms with Crippen LogP contribution in [-0.2, 0) is 6.54 Å². The Hall–Kier alpha value is -0.910. The predicted molar refractivity (Wildman–Crippen MR) is 96.2 cm³/mol. The second-order valence-corrected chi connectivity index (χ2v) is 6.71. The topological polar surface area (TPSA) is 30.7 Å². The Morgan fingerprint density at radius 1 is 0.952 bits per heavy atom. The molecule has 1 heterocycles. The number of hydrogen-bond donors (Lipinski definition) is 0. The Morgan fingerprint density at radius 2 is 1.62 bits per heavy atom. The van der Waals surface area contributed by atoms with Crippen LogP contribution in [0.5, 0.6) is 0 Å². The van der Waals surface area contributed by atoms with Gasteiger partial charge in [0.25, 0.3) is 0 Å². The van der Waals surface area contributed by atoms with Gasteiger partial charge in [-0.25, -0.2) is 4.98 Å². The Kier molecular flexibility index (Phi) is 7.19. The standard InChI is InChI=1S/C17H24IN3/c1-2-3-4-5-6-7-8-13-21-14-19-17(20-21)15-9-11-16(18)12-10-15/h9-12,14H,2-8,13H2,1H3. The molecule has 3 nitrogen and oxygen atoms in total. The quantitative estimate of drug-likeness (QED) is 0.425. The van der Waals surface area contributed by atoms with E-state index in [4.69, 9.17) is 0 Å². The molecule has 1 aromatic heterocycles. The first kappa shape index (κ1) is 16.5. The number of aromatic nitrogens is 3. The fourth-order valence-corrected chi connectivity index (χ4v) is 2.72. The number of nitrogens with zero attached hydrogens (tertiary/aromatic N) is 3. The van der Waals surface area contributed by atoms with Gasteiger partial charge in [-0.05, 0) is 41.1 Å². The van der Waals surface area contributed by atoms with Gasteiger partial charge in [-0.1, -0.05) is 57.6 Å². The molecular formula is C17H24IN3. The summed E-state index contributed by atoms with van der Waals surface area (Å²) in [7, 11) is 0. The highest BCUT2D eigenvalue weighted by Gasteiger charge is 2.03. The largest absolute Gasteiger partial charge is 0.252 e. The van der Waals surface area contributed by atoms with Gasteiger partial charge in [0, 0.05) is 15.7 Å². The van der Waals surface area contributed by atoms with Crippen LogP contribution in [0.4, 0.5) is 0 Å². The van der Waals surface area contributed by atoms with E-state index in [-0.39, 0.29) is 0 Å². The first-order chi connectivity index (χ1) is 10.3. The van der Waals surface area contributed by atoms with Gasteiger partial charge < -0.3 is 0 Å². The summed E-state index contributed by atoms with van der Waals surface area (Å²) in [5.74, 6) is 0.828. The summed E-state index contributed by atoms with van der Waals surface area (Å²) >= 11 is 2.31. The first-order valence-electron chi connectivity index (χ1n) is 7.95. The van der Waals surface area contributed by atoms with E-state index >= 15 is 0 Å². The minimum absolute atomic E-state index is 0.828. The van der Waals surface area contributed by atoms with Gasteiger partial charge in [-0.15, -0.1) is 0 Å². The van der Waals surface area contributed by atoms with Crippen LogP contribution >= 0.6 is 22.6 Å². The van der Waals surface area contributed by atoms with Crippen LogP contribution in [0, 0.1) is 3.57 Å². The lowest BCUT2D eigenvalue weighted by atomic mass is 10.1. The van der Waals surface area contributed by atoms with Gasteiger partial charge >= 0.3 is 0 Å². The fourth-order valence-electron chi connectivity index (χ4n) is 2.36. The Labute approximate surface area is 141 Å². The number of rotatable bonds is 9. The second-order valence-electron chi connectivity index (χ2n) is 5.46. The van der Waals surface area contributed by atoms with Gasteiger partial charge in [-0.2, -0.15) is 5.10 Å². The lowest BCUT2D eigenvalue weighted by Gasteiger charge is -2.01. The van der Waals surface area contributed by atoms with Crippen molar-refractivity contribution in [2.45, 2.75) is 58.4 Å². The summed E-state index contributed by atoms with van der Waals surface area (Å²) in [6.07, 6.45) is 11.1.